The predicted molar refractivity (Wildman–Crippen MR) is 88.7 cm³/mol. The van der Waals surface area contributed by atoms with Gasteiger partial charge in [0.25, 0.3) is 0 Å². The smallest absolute Gasteiger partial charge is 0.408 e. The lowest BCUT2D eigenvalue weighted by molar-refractivity contribution is -0.133. The van der Waals surface area contributed by atoms with Crippen LogP contribution in [0.5, 0.6) is 0 Å². The highest BCUT2D eigenvalue weighted by atomic mass is 16.4. The van der Waals surface area contributed by atoms with Gasteiger partial charge in [0.05, 0.1) is 12.1 Å². The van der Waals surface area contributed by atoms with Gasteiger partial charge in [0.2, 0.25) is 5.91 Å². The molecule has 4 rings (SSSR count). The van der Waals surface area contributed by atoms with E-state index in [0.717, 1.165) is 18.9 Å². The van der Waals surface area contributed by atoms with E-state index in [1.54, 1.807) is 23.1 Å². The molecule has 25 heavy (non-hydrogen) atoms. The first-order valence-corrected chi connectivity index (χ1v) is 8.13. The van der Waals surface area contributed by atoms with Crippen LogP contribution in [0.25, 0.3) is 11.1 Å². The number of aromatic amines is 1. The monoisotopic (exact) mass is 342 g/mol. The third-order valence-corrected chi connectivity index (χ3v) is 4.43. The van der Waals surface area contributed by atoms with Crippen molar-refractivity contribution in [2.45, 2.75) is 13.1 Å². The van der Waals surface area contributed by atoms with Crippen LogP contribution >= 0.6 is 0 Å². The summed E-state index contributed by atoms with van der Waals surface area (Å²) in [6.07, 6.45) is 1.49. The van der Waals surface area contributed by atoms with Crippen molar-refractivity contribution in [3.05, 3.63) is 47.0 Å². The van der Waals surface area contributed by atoms with Crippen LogP contribution in [0.15, 0.2) is 39.8 Å². The summed E-state index contributed by atoms with van der Waals surface area (Å²) in [5, 5.41) is 6.68. The average Bonchev–Trinajstić information content (AvgIpc) is 3.24. The number of nitrogens with one attached hydrogen (secondary N) is 1. The molecule has 1 fully saturated rings. The molecular weight excluding hydrogens is 324 g/mol. The molecule has 0 aliphatic carbocycles. The van der Waals surface area contributed by atoms with Crippen molar-refractivity contribution in [1.29, 1.82) is 0 Å². The van der Waals surface area contributed by atoms with Gasteiger partial charge in [-0.2, -0.15) is 5.10 Å². The number of fused-ring (bicyclic) bond motifs is 1. The Morgan fingerprint density at radius 3 is 2.76 bits per heavy atom. The summed E-state index contributed by atoms with van der Waals surface area (Å²) in [6.45, 7) is 3.45. The maximum atomic E-state index is 12.6. The third kappa shape index (κ3) is 3.18. The number of para-hydroxylation sites is 2. The highest BCUT2D eigenvalue weighted by molar-refractivity contribution is 5.79. The van der Waals surface area contributed by atoms with Crippen molar-refractivity contribution < 1.29 is 9.21 Å². The number of piperazine rings is 1. The number of hydrogen-bond acceptors (Lipinski definition) is 6. The van der Waals surface area contributed by atoms with Crippen molar-refractivity contribution in [3.63, 3.8) is 0 Å². The Morgan fingerprint density at radius 2 is 2.00 bits per heavy atom. The van der Waals surface area contributed by atoms with Gasteiger partial charge in [0.15, 0.2) is 5.58 Å². The molecule has 2 aromatic heterocycles. The van der Waals surface area contributed by atoms with Crippen LogP contribution in [0.1, 0.15) is 5.82 Å². The maximum Gasteiger partial charge on any atom is 0.420 e. The molecule has 1 N–H and O–H groups in total. The molecule has 1 amide bonds. The molecule has 1 aliphatic heterocycles. The number of benzene rings is 1. The molecule has 0 unspecified atom stereocenters. The Bertz CT molecular complexity index is 921. The molecule has 3 aromatic rings. The van der Waals surface area contributed by atoms with E-state index in [0.29, 0.717) is 30.7 Å². The van der Waals surface area contributed by atoms with E-state index in [4.69, 9.17) is 4.42 Å². The third-order valence-electron chi connectivity index (χ3n) is 4.43. The lowest BCUT2D eigenvalue weighted by Gasteiger charge is -2.34. The van der Waals surface area contributed by atoms with Gasteiger partial charge < -0.3 is 9.32 Å². The van der Waals surface area contributed by atoms with Gasteiger partial charge in [-0.05, 0) is 12.1 Å². The van der Waals surface area contributed by atoms with Gasteiger partial charge in [0, 0.05) is 26.2 Å². The van der Waals surface area contributed by atoms with Crippen molar-refractivity contribution >= 4 is 17.0 Å². The number of amides is 1. The molecule has 1 saturated heterocycles. The number of oxazole rings is 1. The zero-order chi connectivity index (χ0) is 17.2. The standard InChI is InChI=1S/C16H18N6O3/c23-15(10-22-12-3-1-2-4-13(12)25-16(22)24)21-7-5-20(6-8-21)9-14-17-11-18-19-14/h1-4,11H,5-10H2,(H,17,18,19). The number of hydrogen-bond donors (Lipinski definition) is 1. The van der Waals surface area contributed by atoms with E-state index < -0.39 is 5.76 Å². The number of H-pyrrole nitrogens is 1. The number of aromatic nitrogens is 4. The molecule has 0 saturated carbocycles. The van der Waals surface area contributed by atoms with E-state index in [1.807, 2.05) is 6.07 Å². The first-order chi connectivity index (χ1) is 12.2. The SMILES string of the molecule is O=C(Cn1c(=O)oc2ccccc21)N1CCN(Cc2ncn[nH]2)CC1. The van der Waals surface area contributed by atoms with E-state index in [1.165, 1.54) is 10.9 Å². The molecular formula is C16H18N6O3. The second kappa shape index (κ2) is 6.52. The van der Waals surface area contributed by atoms with Crippen LogP contribution in [-0.4, -0.2) is 61.6 Å². The van der Waals surface area contributed by atoms with Gasteiger partial charge in [-0.3, -0.25) is 19.4 Å². The summed E-state index contributed by atoms with van der Waals surface area (Å²) in [5.41, 5.74) is 1.14. The number of carbonyl (C=O) groups is 1. The van der Waals surface area contributed by atoms with Crippen LogP contribution in [0.3, 0.4) is 0 Å². The molecule has 0 bridgehead atoms. The van der Waals surface area contributed by atoms with Crippen molar-refractivity contribution in [1.82, 2.24) is 29.5 Å². The Hall–Kier alpha value is -2.94. The van der Waals surface area contributed by atoms with Crippen LogP contribution < -0.4 is 5.76 Å². The van der Waals surface area contributed by atoms with Gasteiger partial charge in [-0.15, -0.1) is 0 Å². The van der Waals surface area contributed by atoms with Gasteiger partial charge in [-0.1, -0.05) is 12.1 Å². The van der Waals surface area contributed by atoms with Crippen LogP contribution in [0, 0.1) is 0 Å². The first kappa shape index (κ1) is 15.6. The highest BCUT2D eigenvalue weighted by Crippen LogP contribution is 2.12. The molecule has 130 valence electrons. The predicted octanol–water partition coefficient (Wildman–Crippen LogP) is 0.0570. The van der Waals surface area contributed by atoms with Gasteiger partial charge in [-0.25, -0.2) is 9.78 Å². The minimum Gasteiger partial charge on any atom is -0.408 e. The fourth-order valence-corrected chi connectivity index (χ4v) is 3.07. The van der Waals surface area contributed by atoms with E-state index >= 15 is 0 Å². The van der Waals surface area contributed by atoms with E-state index in [-0.39, 0.29) is 12.5 Å². The van der Waals surface area contributed by atoms with Crippen LogP contribution in [0.2, 0.25) is 0 Å². The fraction of sp³-hybridized carbons (Fsp3) is 0.375. The normalized spacial score (nSPS) is 15.8. The van der Waals surface area contributed by atoms with E-state index in [2.05, 4.69) is 20.1 Å². The highest BCUT2D eigenvalue weighted by Gasteiger charge is 2.23. The maximum absolute atomic E-state index is 12.6. The Morgan fingerprint density at radius 1 is 1.20 bits per heavy atom. The Labute approximate surface area is 142 Å². The summed E-state index contributed by atoms with van der Waals surface area (Å²) in [7, 11) is 0. The summed E-state index contributed by atoms with van der Waals surface area (Å²) in [6, 6.07) is 7.12. The summed E-state index contributed by atoms with van der Waals surface area (Å²) < 4.78 is 6.56. The molecule has 0 radical (unpaired) electrons. The van der Waals surface area contributed by atoms with Gasteiger partial charge in [0.1, 0.15) is 18.7 Å². The topological polar surface area (TPSA) is 100 Å². The summed E-state index contributed by atoms with van der Waals surface area (Å²) in [5.74, 6) is 0.239. The Balaban J connectivity index is 1.39. The first-order valence-electron chi connectivity index (χ1n) is 8.13. The zero-order valence-corrected chi connectivity index (χ0v) is 13.6. The molecule has 9 nitrogen and oxygen atoms in total. The molecule has 0 atom stereocenters. The zero-order valence-electron chi connectivity index (χ0n) is 13.6. The van der Waals surface area contributed by atoms with Gasteiger partial charge >= 0.3 is 5.76 Å². The number of rotatable bonds is 4. The van der Waals surface area contributed by atoms with Crippen LogP contribution in [-0.2, 0) is 17.9 Å². The summed E-state index contributed by atoms with van der Waals surface area (Å²) in [4.78, 5) is 32.7. The number of nitrogens with zero attached hydrogens (tertiary/aromatic N) is 5. The molecule has 0 spiro atoms. The summed E-state index contributed by atoms with van der Waals surface area (Å²) >= 11 is 0. The quantitative estimate of drug-likeness (QED) is 0.719. The van der Waals surface area contributed by atoms with Crippen molar-refractivity contribution in [3.8, 4) is 0 Å². The van der Waals surface area contributed by atoms with Crippen molar-refractivity contribution in [2.75, 3.05) is 26.2 Å². The molecule has 1 aromatic carbocycles. The lowest BCUT2D eigenvalue weighted by atomic mass is 10.3. The largest absolute Gasteiger partial charge is 0.420 e. The molecule has 3 heterocycles. The van der Waals surface area contributed by atoms with Crippen molar-refractivity contribution in [2.24, 2.45) is 0 Å². The fourth-order valence-electron chi connectivity index (χ4n) is 3.07. The van der Waals surface area contributed by atoms with Crippen LogP contribution in [0.4, 0.5) is 0 Å². The molecule has 9 heteroatoms. The van der Waals surface area contributed by atoms with E-state index in [9.17, 15) is 9.59 Å². The number of carbonyl (C=O) groups excluding carboxylic acids is 1. The Kier molecular flexibility index (Phi) is 4.06. The minimum atomic E-state index is -0.501. The molecule has 1 aliphatic rings. The second-order valence-electron chi connectivity index (χ2n) is 6.01. The average molecular weight is 342 g/mol. The minimum absolute atomic E-state index is 0.00203. The lowest BCUT2D eigenvalue weighted by Crippen LogP contribution is -2.49. The second-order valence-corrected chi connectivity index (χ2v) is 6.01.